The molecule has 1 saturated heterocycles. The van der Waals surface area contributed by atoms with Gasteiger partial charge in [-0.3, -0.25) is 9.63 Å². The zero-order valence-corrected chi connectivity index (χ0v) is 23.0. The molecule has 2 aromatic carbocycles. The first-order valence-corrected chi connectivity index (χ1v) is 14.8. The Morgan fingerprint density at radius 1 is 1.13 bits per heavy atom. The van der Waals surface area contributed by atoms with Crippen LogP contribution < -0.4 is 10.2 Å². The second-order valence-corrected chi connectivity index (χ2v) is 12.3. The highest BCUT2D eigenvalue weighted by molar-refractivity contribution is 7.91. The second kappa shape index (κ2) is 12.1. The van der Waals surface area contributed by atoms with Crippen molar-refractivity contribution in [1.29, 1.82) is 0 Å². The number of hydroxylamine groups is 1. The lowest BCUT2D eigenvalue weighted by atomic mass is 10.1. The Morgan fingerprint density at radius 3 is 2.67 bits per heavy atom. The standard InChI is InChI=1S/C27H29N5O5S2/c1-36-23-11-9-20(10-12-23)16-22(18-37-28-19-33)31-17-24(29-30-31)25-8-5-15-32(25)39(34,35)27-14-13-26(38-27)21-6-3-2-4-7-21/h2-4,6-7,9-14,17,19,22,25H,5,8,15-16,18H2,1H3,(H,28,33)/t22-,25-/m0/s1. The molecular formula is C27H29N5O5S2. The van der Waals surface area contributed by atoms with Crippen LogP contribution in [0.4, 0.5) is 0 Å². The van der Waals surface area contributed by atoms with E-state index in [1.165, 1.54) is 15.6 Å². The Kier molecular flexibility index (Phi) is 8.36. The number of thiophene rings is 1. The van der Waals surface area contributed by atoms with Crippen molar-refractivity contribution in [3.05, 3.63) is 84.2 Å². The van der Waals surface area contributed by atoms with E-state index in [1.54, 1.807) is 24.1 Å². The van der Waals surface area contributed by atoms with Gasteiger partial charge in [-0.15, -0.1) is 16.4 Å². The van der Waals surface area contributed by atoms with Gasteiger partial charge in [0, 0.05) is 11.4 Å². The number of nitrogens with one attached hydrogen (secondary N) is 1. The molecule has 39 heavy (non-hydrogen) atoms. The monoisotopic (exact) mass is 567 g/mol. The number of rotatable bonds is 12. The molecule has 10 nitrogen and oxygen atoms in total. The van der Waals surface area contributed by atoms with Crippen LogP contribution in [0, 0.1) is 0 Å². The molecule has 1 N–H and O–H groups in total. The minimum atomic E-state index is -3.72. The van der Waals surface area contributed by atoms with E-state index in [0.717, 1.165) is 28.2 Å². The van der Waals surface area contributed by atoms with Gasteiger partial charge in [-0.25, -0.2) is 18.6 Å². The van der Waals surface area contributed by atoms with Gasteiger partial charge in [0.1, 0.15) is 15.7 Å². The topological polar surface area (TPSA) is 116 Å². The summed E-state index contributed by atoms with van der Waals surface area (Å²) in [6.07, 6.45) is 4.18. The first-order valence-electron chi connectivity index (χ1n) is 12.5. The lowest BCUT2D eigenvalue weighted by Gasteiger charge is -2.21. The molecule has 4 aromatic rings. The Morgan fingerprint density at radius 2 is 1.92 bits per heavy atom. The van der Waals surface area contributed by atoms with Crippen molar-refractivity contribution in [2.24, 2.45) is 0 Å². The SMILES string of the molecule is COc1ccc(C[C@@H](CONC=O)n2cc([C@@H]3CCCN3S(=O)(=O)c3ccc(-c4ccccc4)s3)nn2)cc1. The fraction of sp³-hybridized carbons (Fsp3) is 0.296. The van der Waals surface area contributed by atoms with Crippen LogP contribution >= 0.6 is 11.3 Å². The Balaban J connectivity index is 1.36. The largest absolute Gasteiger partial charge is 0.497 e. The fourth-order valence-electron chi connectivity index (χ4n) is 4.72. The summed E-state index contributed by atoms with van der Waals surface area (Å²) in [5.41, 5.74) is 4.81. The van der Waals surface area contributed by atoms with Crippen molar-refractivity contribution < 1.29 is 22.8 Å². The molecule has 0 unspecified atom stereocenters. The summed E-state index contributed by atoms with van der Waals surface area (Å²) in [5.74, 6) is 0.751. The van der Waals surface area contributed by atoms with Crippen molar-refractivity contribution in [3.63, 3.8) is 0 Å². The average molecular weight is 568 g/mol. The van der Waals surface area contributed by atoms with Gasteiger partial charge in [-0.2, -0.15) is 4.31 Å². The van der Waals surface area contributed by atoms with Gasteiger partial charge in [-0.05, 0) is 54.7 Å². The van der Waals surface area contributed by atoms with Crippen molar-refractivity contribution in [3.8, 4) is 16.2 Å². The van der Waals surface area contributed by atoms with Crippen molar-refractivity contribution in [2.75, 3.05) is 20.3 Å². The number of methoxy groups -OCH3 is 1. The first kappa shape index (κ1) is 27.0. The summed E-state index contributed by atoms with van der Waals surface area (Å²) in [4.78, 5) is 16.9. The van der Waals surface area contributed by atoms with E-state index in [2.05, 4.69) is 15.8 Å². The molecule has 0 saturated carbocycles. The van der Waals surface area contributed by atoms with E-state index in [-0.39, 0.29) is 12.6 Å². The number of nitrogens with zero attached hydrogens (tertiary/aromatic N) is 4. The zero-order valence-electron chi connectivity index (χ0n) is 21.3. The van der Waals surface area contributed by atoms with Crippen LogP contribution in [0.15, 0.2) is 77.1 Å². The molecule has 1 fully saturated rings. The van der Waals surface area contributed by atoms with Crippen LogP contribution in [0.25, 0.3) is 10.4 Å². The van der Waals surface area contributed by atoms with Crippen molar-refractivity contribution >= 4 is 27.8 Å². The number of hydrogen-bond donors (Lipinski definition) is 1. The predicted octanol–water partition coefficient (Wildman–Crippen LogP) is 4.00. The number of carbonyl (C=O) groups is 1. The molecule has 204 valence electrons. The van der Waals surface area contributed by atoms with E-state index in [1.807, 2.05) is 60.7 Å². The zero-order chi connectivity index (χ0) is 27.2. The molecule has 5 rings (SSSR count). The van der Waals surface area contributed by atoms with E-state index < -0.39 is 16.1 Å². The number of ether oxygens (including phenoxy) is 1. The highest BCUT2D eigenvalue weighted by Gasteiger charge is 2.38. The number of sulfonamides is 1. The number of aromatic nitrogens is 3. The molecule has 0 spiro atoms. The molecule has 1 aliphatic rings. The summed E-state index contributed by atoms with van der Waals surface area (Å²) in [6, 6.07) is 20.2. The van der Waals surface area contributed by atoms with Crippen molar-refractivity contribution in [1.82, 2.24) is 24.8 Å². The van der Waals surface area contributed by atoms with Gasteiger partial charge in [-0.1, -0.05) is 47.7 Å². The lowest BCUT2D eigenvalue weighted by Crippen LogP contribution is -2.30. The third kappa shape index (κ3) is 6.04. The smallest absolute Gasteiger partial charge is 0.253 e. The molecular weight excluding hydrogens is 538 g/mol. The van der Waals surface area contributed by atoms with Gasteiger partial charge in [0.15, 0.2) is 0 Å². The number of hydrogen-bond acceptors (Lipinski definition) is 8. The maximum atomic E-state index is 13.7. The van der Waals surface area contributed by atoms with Gasteiger partial charge < -0.3 is 4.74 Å². The van der Waals surface area contributed by atoms with Crippen LogP contribution in [0.3, 0.4) is 0 Å². The Labute approximate surface area is 231 Å². The minimum Gasteiger partial charge on any atom is -0.497 e. The molecule has 0 radical (unpaired) electrons. The lowest BCUT2D eigenvalue weighted by molar-refractivity contribution is -0.121. The summed E-state index contributed by atoms with van der Waals surface area (Å²) >= 11 is 1.27. The normalized spacial score (nSPS) is 16.7. The summed E-state index contributed by atoms with van der Waals surface area (Å²) < 4.78 is 36.1. The van der Waals surface area contributed by atoms with E-state index in [0.29, 0.717) is 35.7 Å². The number of carbonyl (C=O) groups excluding carboxylic acids is 1. The van der Waals surface area contributed by atoms with Crippen LogP contribution in [0.1, 0.15) is 36.2 Å². The van der Waals surface area contributed by atoms with Crippen molar-refractivity contribution in [2.45, 2.75) is 35.6 Å². The second-order valence-electron chi connectivity index (χ2n) is 9.13. The van der Waals surface area contributed by atoms with Crippen LogP contribution in [-0.4, -0.2) is 54.4 Å². The van der Waals surface area contributed by atoms with Gasteiger partial charge >= 0.3 is 0 Å². The predicted molar refractivity (Wildman–Crippen MR) is 147 cm³/mol. The molecule has 1 amide bonds. The van der Waals surface area contributed by atoms with Gasteiger partial charge in [0.25, 0.3) is 10.0 Å². The molecule has 0 aliphatic carbocycles. The maximum absolute atomic E-state index is 13.7. The fourth-order valence-corrected chi connectivity index (χ4v) is 7.83. The quantitative estimate of drug-likeness (QED) is 0.156. The van der Waals surface area contributed by atoms with Crippen LogP contribution in [0.2, 0.25) is 0 Å². The number of benzene rings is 2. The van der Waals surface area contributed by atoms with Gasteiger partial charge in [0.05, 0.1) is 32.0 Å². The Bertz CT molecular complexity index is 1490. The molecule has 1 aliphatic heterocycles. The van der Waals surface area contributed by atoms with E-state index in [4.69, 9.17) is 9.57 Å². The summed E-state index contributed by atoms with van der Waals surface area (Å²) in [7, 11) is -2.11. The highest BCUT2D eigenvalue weighted by Crippen LogP contribution is 2.39. The average Bonchev–Trinajstić information content (AvgIpc) is 3.74. The number of amides is 1. The molecule has 2 atom stereocenters. The summed E-state index contributed by atoms with van der Waals surface area (Å²) in [6.45, 7) is 0.567. The third-order valence-electron chi connectivity index (χ3n) is 6.69. The molecule has 0 bridgehead atoms. The first-order chi connectivity index (χ1) is 19.0. The molecule has 12 heteroatoms. The van der Waals surface area contributed by atoms with E-state index in [9.17, 15) is 13.2 Å². The third-order valence-corrected chi connectivity index (χ3v) is 10.2. The highest BCUT2D eigenvalue weighted by atomic mass is 32.2. The minimum absolute atomic E-state index is 0.151. The van der Waals surface area contributed by atoms with Gasteiger partial charge in [0.2, 0.25) is 6.41 Å². The van der Waals surface area contributed by atoms with E-state index >= 15 is 0 Å². The molecule has 3 heterocycles. The van der Waals surface area contributed by atoms with Crippen LogP contribution in [0.5, 0.6) is 5.75 Å². The summed E-state index contributed by atoms with van der Waals surface area (Å²) in [5, 5.41) is 8.70. The molecule has 2 aromatic heterocycles. The maximum Gasteiger partial charge on any atom is 0.253 e. The Hall–Kier alpha value is -3.58. The van der Waals surface area contributed by atoms with Crippen LogP contribution in [-0.2, 0) is 26.1 Å².